The first-order valence-electron chi connectivity index (χ1n) is 5.24. The van der Waals surface area contributed by atoms with Gasteiger partial charge in [0.25, 0.3) is 0 Å². The molecule has 1 aliphatic carbocycles. The van der Waals surface area contributed by atoms with Gasteiger partial charge < -0.3 is 10.6 Å². The molecule has 0 amide bonds. The molecule has 13 heavy (non-hydrogen) atoms. The van der Waals surface area contributed by atoms with Crippen LogP contribution in [0.25, 0.3) is 0 Å². The van der Waals surface area contributed by atoms with E-state index >= 15 is 0 Å². The van der Waals surface area contributed by atoms with Gasteiger partial charge in [-0.2, -0.15) is 0 Å². The predicted molar refractivity (Wildman–Crippen MR) is 54.8 cm³/mol. The Bertz CT molecular complexity index is 208. The van der Waals surface area contributed by atoms with Crippen LogP contribution in [0.1, 0.15) is 19.3 Å². The maximum absolute atomic E-state index is 5.83. The van der Waals surface area contributed by atoms with Gasteiger partial charge in [0.05, 0.1) is 5.84 Å². The molecule has 2 aliphatic rings. The standard InChI is InChI=1S/C10H19N3/c1-13-5-4-8(7-13)6-12-10(11)9-2-3-9/h8-9H,2-7H2,1H3,(H2,11,12). The maximum Gasteiger partial charge on any atom is 0.0968 e. The summed E-state index contributed by atoms with van der Waals surface area (Å²) in [5.74, 6) is 2.30. The van der Waals surface area contributed by atoms with E-state index in [2.05, 4.69) is 16.9 Å². The fourth-order valence-electron chi connectivity index (χ4n) is 1.92. The van der Waals surface area contributed by atoms with E-state index in [1.807, 2.05) is 0 Å². The Kier molecular flexibility index (Phi) is 2.54. The summed E-state index contributed by atoms with van der Waals surface area (Å²) in [4.78, 5) is 6.84. The van der Waals surface area contributed by atoms with E-state index in [0.717, 1.165) is 18.3 Å². The summed E-state index contributed by atoms with van der Waals surface area (Å²) in [6.07, 6.45) is 3.82. The lowest BCUT2D eigenvalue weighted by Crippen LogP contribution is -2.18. The Balaban J connectivity index is 1.75. The predicted octanol–water partition coefficient (Wildman–Crippen LogP) is 0.705. The van der Waals surface area contributed by atoms with Gasteiger partial charge in [0.15, 0.2) is 0 Å². The first-order valence-corrected chi connectivity index (χ1v) is 5.24. The van der Waals surface area contributed by atoms with Crippen LogP contribution in [0.2, 0.25) is 0 Å². The minimum atomic E-state index is 0.638. The van der Waals surface area contributed by atoms with Crippen LogP contribution in [-0.2, 0) is 0 Å². The van der Waals surface area contributed by atoms with Crippen molar-refractivity contribution in [2.45, 2.75) is 19.3 Å². The van der Waals surface area contributed by atoms with E-state index in [-0.39, 0.29) is 0 Å². The molecule has 1 aliphatic heterocycles. The molecule has 0 spiro atoms. The highest BCUT2D eigenvalue weighted by Crippen LogP contribution is 2.29. The van der Waals surface area contributed by atoms with Crippen molar-refractivity contribution in [1.82, 2.24) is 4.90 Å². The van der Waals surface area contributed by atoms with Crippen LogP contribution in [0.4, 0.5) is 0 Å². The van der Waals surface area contributed by atoms with Crippen molar-refractivity contribution >= 4 is 5.84 Å². The van der Waals surface area contributed by atoms with Crippen molar-refractivity contribution in [3.05, 3.63) is 0 Å². The van der Waals surface area contributed by atoms with Crippen molar-refractivity contribution < 1.29 is 0 Å². The van der Waals surface area contributed by atoms with E-state index in [4.69, 9.17) is 5.73 Å². The van der Waals surface area contributed by atoms with E-state index < -0.39 is 0 Å². The van der Waals surface area contributed by atoms with Crippen molar-refractivity contribution in [2.24, 2.45) is 22.6 Å². The summed E-state index contributed by atoms with van der Waals surface area (Å²) in [5.41, 5.74) is 5.83. The second-order valence-electron chi connectivity index (χ2n) is 4.46. The fraction of sp³-hybridized carbons (Fsp3) is 0.900. The molecule has 3 nitrogen and oxygen atoms in total. The maximum atomic E-state index is 5.83. The van der Waals surface area contributed by atoms with Crippen molar-refractivity contribution in [2.75, 3.05) is 26.7 Å². The molecule has 3 heteroatoms. The molecule has 2 rings (SSSR count). The van der Waals surface area contributed by atoms with Crippen molar-refractivity contribution in [3.8, 4) is 0 Å². The molecular weight excluding hydrogens is 162 g/mol. The lowest BCUT2D eigenvalue weighted by molar-refractivity contribution is 0.397. The molecule has 2 fully saturated rings. The van der Waals surface area contributed by atoms with Gasteiger partial charge in [-0.3, -0.25) is 4.99 Å². The molecule has 1 saturated carbocycles. The van der Waals surface area contributed by atoms with Gasteiger partial charge in [-0.15, -0.1) is 0 Å². The minimum Gasteiger partial charge on any atom is -0.387 e. The Morgan fingerprint density at radius 2 is 2.23 bits per heavy atom. The molecule has 0 radical (unpaired) electrons. The normalized spacial score (nSPS) is 31.2. The second kappa shape index (κ2) is 3.66. The van der Waals surface area contributed by atoms with Crippen LogP contribution in [-0.4, -0.2) is 37.4 Å². The number of amidine groups is 1. The third-order valence-corrected chi connectivity index (χ3v) is 3.02. The Hall–Kier alpha value is -0.570. The van der Waals surface area contributed by atoms with Crippen LogP contribution in [0.15, 0.2) is 4.99 Å². The van der Waals surface area contributed by atoms with Gasteiger partial charge in [0, 0.05) is 19.0 Å². The number of aliphatic imine (C=N–C) groups is 1. The number of hydrogen-bond donors (Lipinski definition) is 1. The summed E-state index contributed by atoms with van der Waals surface area (Å²) in [5, 5.41) is 0. The number of nitrogens with zero attached hydrogens (tertiary/aromatic N) is 2. The third kappa shape index (κ3) is 2.44. The number of rotatable bonds is 3. The monoisotopic (exact) mass is 181 g/mol. The Morgan fingerprint density at radius 1 is 1.46 bits per heavy atom. The molecule has 2 N–H and O–H groups in total. The third-order valence-electron chi connectivity index (χ3n) is 3.02. The smallest absolute Gasteiger partial charge is 0.0968 e. The van der Waals surface area contributed by atoms with E-state index in [0.29, 0.717) is 5.92 Å². The Morgan fingerprint density at radius 3 is 2.77 bits per heavy atom. The van der Waals surface area contributed by atoms with Crippen molar-refractivity contribution in [1.29, 1.82) is 0 Å². The molecule has 0 aromatic rings. The van der Waals surface area contributed by atoms with Crippen LogP contribution in [0, 0.1) is 11.8 Å². The summed E-state index contributed by atoms with van der Waals surface area (Å²) in [6.45, 7) is 3.37. The van der Waals surface area contributed by atoms with E-state index in [9.17, 15) is 0 Å². The van der Waals surface area contributed by atoms with Crippen LogP contribution < -0.4 is 5.73 Å². The van der Waals surface area contributed by atoms with Crippen LogP contribution >= 0.6 is 0 Å². The van der Waals surface area contributed by atoms with Crippen molar-refractivity contribution in [3.63, 3.8) is 0 Å². The summed E-state index contributed by atoms with van der Waals surface area (Å²) in [7, 11) is 2.17. The first-order chi connectivity index (χ1) is 6.25. The zero-order chi connectivity index (χ0) is 9.26. The van der Waals surface area contributed by atoms with Gasteiger partial charge in [-0.1, -0.05) is 0 Å². The average molecular weight is 181 g/mol. The van der Waals surface area contributed by atoms with Gasteiger partial charge in [0.2, 0.25) is 0 Å². The SMILES string of the molecule is CN1CCC(CN=C(N)C2CC2)C1. The minimum absolute atomic E-state index is 0.638. The van der Waals surface area contributed by atoms with Gasteiger partial charge in [-0.05, 0) is 38.8 Å². The first kappa shape index (κ1) is 9.00. The summed E-state index contributed by atoms with van der Waals surface area (Å²) >= 11 is 0. The zero-order valence-corrected chi connectivity index (χ0v) is 8.37. The Labute approximate surface area is 80.0 Å². The van der Waals surface area contributed by atoms with Crippen LogP contribution in [0.3, 0.4) is 0 Å². The molecule has 1 heterocycles. The highest BCUT2D eigenvalue weighted by atomic mass is 15.1. The molecule has 1 saturated heterocycles. The average Bonchev–Trinajstić information content (AvgIpc) is 2.87. The molecule has 1 atom stereocenters. The van der Waals surface area contributed by atoms with Gasteiger partial charge in [0.1, 0.15) is 0 Å². The molecule has 0 aromatic carbocycles. The summed E-state index contributed by atoms with van der Waals surface area (Å²) < 4.78 is 0. The van der Waals surface area contributed by atoms with Crippen LogP contribution in [0.5, 0.6) is 0 Å². The highest BCUT2D eigenvalue weighted by Gasteiger charge is 2.26. The summed E-state index contributed by atoms with van der Waals surface area (Å²) in [6, 6.07) is 0. The molecule has 0 aromatic heterocycles. The van der Waals surface area contributed by atoms with Gasteiger partial charge in [-0.25, -0.2) is 0 Å². The number of hydrogen-bond acceptors (Lipinski definition) is 2. The molecule has 74 valence electrons. The molecule has 1 unspecified atom stereocenters. The molecule has 0 bridgehead atoms. The topological polar surface area (TPSA) is 41.6 Å². The second-order valence-corrected chi connectivity index (χ2v) is 4.46. The number of nitrogens with two attached hydrogens (primary N) is 1. The molecular formula is C10H19N3. The highest BCUT2D eigenvalue weighted by molar-refractivity contribution is 5.84. The zero-order valence-electron chi connectivity index (χ0n) is 8.37. The number of likely N-dealkylation sites (tertiary alicyclic amines) is 1. The lowest BCUT2D eigenvalue weighted by Gasteiger charge is -2.07. The van der Waals surface area contributed by atoms with E-state index in [1.165, 1.54) is 32.4 Å². The fourth-order valence-corrected chi connectivity index (χ4v) is 1.92. The van der Waals surface area contributed by atoms with Gasteiger partial charge >= 0.3 is 0 Å². The quantitative estimate of drug-likeness (QED) is 0.514. The van der Waals surface area contributed by atoms with E-state index in [1.54, 1.807) is 0 Å². The lowest BCUT2D eigenvalue weighted by atomic mass is 10.1. The largest absolute Gasteiger partial charge is 0.387 e.